The highest BCUT2D eigenvalue weighted by Crippen LogP contribution is 2.18. The van der Waals surface area contributed by atoms with Crippen LogP contribution in [-0.2, 0) is 4.79 Å². The molecule has 0 aliphatic heterocycles. The Labute approximate surface area is 138 Å². The van der Waals surface area contributed by atoms with Crippen LogP contribution in [0.5, 0.6) is 0 Å². The Morgan fingerprint density at radius 1 is 1.30 bits per heavy atom. The monoisotopic (exact) mass is 324 g/mol. The predicted octanol–water partition coefficient (Wildman–Crippen LogP) is 3.64. The van der Waals surface area contributed by atoms with E-state index in [9.17, 15) is 4.79 Å². The van der Waals surface area contributed by atoms with Crippen LogP contribution in [0.2, 0.25) is 0 Å². The summed E-state index contributed by atoms with van der Waals surface area (Å²) in [6.07, 6.45) is 6.93. The first-order valence-electron chi connectivity index (χ1n) is 7.09. The second kappa shape index (κ2) is 6.66. The Morgan fingerprint density at radius 3 is 2.83 bits per heavy atom. The largest absolute Gasteiger partial charge is 0.321 e. The molecule has 0 aliphatic rings. The number of benzene rings is 1. The number of anilines is 1. The summed E-state index contributed by atoms with van der Waals surface area (Å²) in [4.78, 5) is 17.4. The summed E-state index contributed by atoms with van der Waals surface area (Å²) in [5.41, 5.74) is 3.20. The Hall–Kier alpha value is -2.60. The second-order valence-electron chi connectivity index (χ2n) is 5.04. The number of fused-ring (bicyclic) bond motifs is 1. The van der Waals surface area contributed by atoms with Gasteiger partial charge in [-0.15, -0.1) is 11.8 Å². The zero-order chi connectivity index (χ0) is 16.2. The van der Waals surface area contributed by atoms with Crippen LogP contribution in [0, 0.1) is 6.92 Å². The molecule has 23 heavy (non-hydrogen) atoms. The average Bonchev–Trinajstić information content (AvgIpc) is 2.94. The molecule has 2 heterocycles. The number of nitrogens with one attached hydrogen (secondary N) is 2. The molecule has 0 aliphatic carbocycles. The summed E-state index contributed by atoms with van der Waals surface area (Å²) in [5, 5.41) is 10.6. The standard InChI is InChI=1S/C17H16N4OS/c1-11-15-9-13(10-18-17(15)21-20-11)19-16(22)8-5-12-3-6-14(23-2)7-4-12/h3-10H,1-2H3,(H,19,22)(H,18,20,21)/b8-5+. The van der Waals surface area contributed by atoms with Crippen LogP contribution >= 0.6 is 11.8 Å². The molecule has 0 fully saturated rings. The topological polar surface area (TPSA) is 70.7 Å². The van der Waals surface area contributed by atoms with Gasteiger partial charge < -0.3 is 5.32 Å². The number of aromatic nitrogens is 3. The molecule has 0 bridgehead atoms. The van der Waals surface area contributed by atoms with E-state index in [1.807, 2.05) is 43.5 Å². The number of aromatic amines is 1. The van der Waals surface area contributed by atoms with Crippen molar-refractivity contribution in [2.75, 3.05) is 11.6 Å². The summed E-state index contributed by atoms with van der Waals surface area (Å²) in [5.74, 6) is -0.193. The fourth-order valence-corrected chi connectivity index (χ4v) is 2.57. The van der Waals surface area contributed by atoms with Crippen molar-refractivity contribution in [2.24, 2.45) is 0 Å². The van der Waals surface area contributed by atoms with Crippen LogP contribution in [0.25, 0.3) is 17.1 Å². The Kier molecular flexibility index (Phi) is 4.43. The van der Waals surface area contributed by atoms with Gasteiger partial charge in [-0.2, -0.15) is 5.10 Å². The Morgan fingerprint density at radius 2 is 2.09 bits per heavy atom. The molecule has 0 unspecified atom stereocenters. The molecule has 2 N–H and O–H groups in total. The van der Waals surface area contributed by atoms with E-state index >= 15 is 0 Å². The molecule has 0 radical (unpaired) electrons. The van der Waals surface area contributed by atoms with E-state index in [2.05, 4.69) is 20.5 Å². The fourth-order valence-electron chi connectivity index (χ4n) is 2.16. The zero-order valence-electron chi connectivity index (χ0n) is 12.8. The van der Waals surface area contributed by atoms with Crippen LogP contribution in [-0.4, -0.2) is 27.3 Å². The van der Waals surface area contributed by atoms with E-state index in [1.165, 1.54) is 11.0 Å². The van der Waals surface area contributed by atoms with Crippen molar-refractivity contribution in [2.45, 2.75) is 11.8 Å². The van der Waals surface area contributed by atoms with Gasteiger partial charge in [0.15, 0.2) is 5.65 Å². The van der Waals surface area contributed by atoms with E-state index in [0.717, 1.165) is 16.6 Å². The molecule has 2 aromatic heterocycles. The molecular weight excluding hydrogens is 308 g/mol. The predicted molar refractivity (Wildman–Crippen MR) is 94.5 cm³/mol. The van der Waals surface area contributed by atoms with Crippen LogP contribution in [0.1, 0.15) is 11.3 Å². The first kappa shape index (κ1) is 15.3. The average molecular weight is 324 g/mol. The number of nitrogens with zero attached hydrogens (tertiary/aromatic N) is 2. The number of H-pyrrole nitrogens is 1. The summed E-state index contributed by atoms with van der Waals surface area (Å²) in [6, 6.07) is 9.89. The Bertz CT molecular complexity index is 868. The third-order valence-electron chi connectivity index (χ3n) is 3.41. The number of amides is 1. The molecule has 116 valence electrons. The first-order valence-corrected chi connectivity index (χ1v) is 8.32. The highest BCUT2D eigenvalue weighted by atomic mass is 32.2. The van der Waals surface area contributed by atoms with Crippen molar-refractivity contribution in [1.29, 1.82) is 0 Å². The zero-order valence-corrected chi connectivity index (χ0v) is 13.6. The van der Waals surface area contributed by atoms with E-state index in [1.54, 1.807) is 24.0 Å². The third-order valence-corrected chi connectivity index (χ3v) is 4.15. The maximum atomic E-state index is 12.0. The molecular formula is C17H16N4OS. The molecule has 0 atom stereocenters. The quantitative estimate of drug-likeness (QED) is 0.568. The lowest BCUT2D eigenvalue weighted by atomic mass is 10.2. The fraction of sp³-hybridized carbons (Fsp3) is 0.118. The van der Waals surface area contributed by atoms with E-state index in [0.29, 0.717) is 11.3 Å². The third kappa shape index (κ3) is 3.60. The number of carbonyl (C=O) groups excluding carboxylic acids is 1. The maximum Gasteiger partial charge on any atom is 0.248 e. The van der Waals surface area contributed by atoms with E-state index in [4.69, 9.17) is 0 Å². The van der Waals surface area contributed by atoms with Crippen LogP contribution in [0.15, 0.2) is 47.5 Å². The van der Waals surface area contributed by atoms with Gasteiger partial charge in [-0.05, 0) is 43.0 Å². The molecule has 0 saturated carbocycles. The SMILES string of the molecule is CSc1ccc(/C=C/C(=O)Nc2cnc3n[nH]c(C)c3c2)cc1. The number of rotatable bonds is 4. The first-order chi connectivity index (χ1) is 11.2. The minimum absolute atomic E-state index is 0.193. The summed E-state index contributed by atoms with van der Waals surface area (Å²) < 4.78 is 0. The van der Waals surface area contributed by atoms with Gasteiger partial charge >= 0.3 is 0 Å². The van der Waals surface area contributed by atoms with Crippen LogP contribution in [0.3, 0.4) is 0 Å². The van der Waals surface area contributed by atoms with E-state index in [-0.39, 0.29) is 5.91 Å². The van der Waals surface area contributed by atoms with Gasteiger partial charge in [-0.1, -0.05) is 12.1 Å². The number of aryl methyl sites for hydroxylation is 1. The van der Waals surface area contributed by atoms with Crippen molar-refractivity contribution < 1.29 is 4.79 Å². The van der Waals surface area contributed by atoms with Gasteiger partial charge in [0.25, 0.3) is 0 Å². The van der Waals surface area contributed by atoms with Gasteiger partial charge in [-0.3, -0.25) is 9.89 Å². The lowest BCUT2D eigenvalue weighted by Crippen LogP contribution is -2.07. The van der Waals surface area contributed by atoms with E-state index < -0.39 is 0 Å². The maximum absolute atomic E-state index is 12.0. The minimum atomic E-state index is -0.193. The Balaban J connectivity index is 1.69. The lowest BCUT2D eigenvalue weighted by Gasteiger charge is -2.02. The number of hydrogen-bond acceptors (Lipinski definition) is 4. The van der Waals surface area contributed by atoms with Crippen LogP contribution < -0.4 is 5.32 Å². The molecule has 3 rings (SSSR count). The highest BCUT2D eigenvalue weighted by Gasteiger charge is 2.05. The summed E-state index contributed by atoms with van der Waals surface area (Å²) in [6.45, 7) is 1.92. The van der Waals surface area contributed by atoms with Gasteiger partial charge in [0.1, 0.15) is 0 Å². The molecule has 6 heteroatoms. The molecule has 3 aromatic rings. The van der Waals surface area contributed by atoms with Gasteiger partial charge in [0, 0.05) is 22.1 Å². The van der Waals surface area contributed by atoms with Crippen molar-refractivity contribution in [3.05, 3.63) is 53.9 Å². The molecule has 5 nitrogen and oxygen atoms in total. The molecule has 0 spiro atoms. The smallest absolute Gasteiger partial charge is 0.248 e. The molecule has 0 saturated heterocycles. The van der Waals surface area contributed by atoms with Crippen molar-refractivity contribution in [3.63, 3.8) is 0 Å². The highest BCUT2D eigenvalue weighted by molar-refractivity contribution is 7.98. The summed E-state index contributed by atoms with van der Waals surface area (Å²) in [7, 11) is 0. The number of hydrogen-bond donors (Lipinski definition) is 2. The number of pyridine rings is 1. The van der Waals surface area contributed by atoms with Crippen molar-refractivity contribution in [3.8, 4) is 0 Å². The van der Waals surface area contributed by atoms with Gasteiger partial charge in [-0.25, -0.2) is 4.98 Å². The molecule has 1 aromatic carbocycles. The van der Waals surface area contributed by atoms with Crippen molar-refractivity contribution in [1.82, 2.24) is 15.2 Å². The van der Waals surface area contributed by atoms with Gasteiger partial charge in [0.2, 0.25) is 5.91 Å². The summed E-state index contributed by atoms with van der Waals surface area (Å²) >= 11 is 1.69. The lowest BCUT2D eigenvalue weighted by molar-refractivity contribution is -0.111. The number of carbonyl (C=O) groups is 1. The number of thioether (sulfide) groups is 1. The van der Waals surface area contributed by atoms with Gasteiger partial charge in [0.05, 0.1) is 11.9 Å². The van der Waals surface area contributed by atoms with Crippen LogP contribution in [0.4, 0.5) is 5.69 Å². The minimum Gasteiger partial charge on any atom is -0.321 e. The second-order valence-corrected chi connectivity index (χ2v) is 5.92. The normalized spacial score (nSPS) is 11.2. The van der Waals surface area contributed by atoms with Crippen molar-refractivity contribution >= 4 is 40.5 Å². The molecule has 1 amide bonds.